The summed E-state index contributed by atoms with van der Waals surface area (Å²) in [5.41, 5.74) is -0.558. The van der Waals surface area contributed by atoms with Gasteiger partial charge in [-0.2, -0.15) is 0 Å². The van der Waals surface area contributed by atoms with E-state index >= 15 is 0 Å². The molecule has 0 saturated carbocycles. The molecule has 0 bridgehead atoms. The highest BCUT2D eigenvalue weighted by molar-refractivity contribution is 7.89. The van der Waals surface area contributed by atoms with E-state index in [0.717, 1.165) is 27.4 Å². The average Bonchev–Trinajstić information content (AvgIpc) is 3.14. The van der Waals surface area contributed by atoms with Crippen LogP contribution < -0.4 is 5.32 Å². The number of carbonyl (C=O) groups excluding carboxylic acids is 2. The molecule has 1 N–H and O–H groups in total. The summed E-state index contributed by atoms with van der Waals surface area (Å²) in [7, 11) is -1.21. The molecule has 0 aliphatic carbocycles. The second kappa shape index (κ2) is 8.59. The topological polar surface area (TPSA) is 92.8 Å². The number of halogens is 1. The van der Waals surface area contributed by atoms with Gasteiger partial charge in [0.05, 0.1) is 16.5 Å². The van der Waals surface area contributed by atoms with Crippen molar-refractivity contribution in [2.45, 2.75) is 17.9 Å². The molecule has 0 fully saturated rings. The molecule has 27 heavy (non-hydrogen) atoms. The minimum atomic E-state index is -3.84. The lowest BCUT2D eigenvalue weighted by molar-refractivity contribution is -0.124. The molecule has 7 nitrogen and oxygen atoms in total. The molecular formula is C17H19FN2O5S2. The smallest absolute Gasteiger partial charge is 0.341 e. The van der Waals surface area contributed by atoms with E-state index in [-0.39, 0.29) is 10.9 Å². The van der Waals surface area contributed by atoms with Crippen molar-refractivity contribution >= 4 is 33.2 Å². The van der Waals surface area contributed by atoms with Gasteiger partial charge in [-0.15, -0.1) is 11.3 Å². The minimum absolute atomic E-state index is 0.253. The first-order valence-corrected chi connectivity index (χ1v) is 10.2. The number of sulfonamides is 1. The van der Waals surface area contributed by atoms with E-state index in [1.807, 2.05) is 17.5 Å². The summed E-state index contributed by atoms with van der Waals surface area (Å²) in [6, 6.07) is 6.25. The molecule has 10 heteroatoms. The van der Waals surface area contributed by atoms with Gasteiger partial charge in [0.2, 0.25) is 10.0 Å². The predicted molar refractivity (Wildman–Crippen MR) is 98.4 cm³/mol. The third-order valence-electron chi connectivity index (χ3n) is 3.62. The summed E-state index contributed by atoms with van der Waals surface area (Å²) >= 11 is 1.47. The Kier molecular flexibility index (Phi) is 6.68. The SMILES string of the molecule is C[C@H](NC(=O)COC(=O)c1cc(S(=O)(=O)N(C)C)ccc1F)c1cccs1. The molecule has 1 aromatic heterocycles. The van der Waals surface area contributed by atoms with Gasteiger partial charge >= 0.3 is 5.97 Å². The summed E-state index contributed by atoms with van der Waals surface area (Å²) < 4.78 is 43.9. The van der Waals surface area contributed by atoms with Crippen LogP contribution in [0.1, 0.15) is 28.2 Å². The summed E-state index contributed by atoms with van der Waals surface area (Å²) in [5.74, 6) is -2.62. The monoisotopic (exact) mass is 414 g/mol. The summed E-state index contributed by atoms with van der Waals surface area (Å²) in [4.78, 5) is 24.7. The molecule has 0 saturated heterocycles. The van der Waals surface area contributed by atoms with Gasteiger partial charge in [-0.25, -0.2) is 21.9 Å². The number of nitrogens with one attached hydrogen (secondary N) is 1. The highest BCUT2D eigenvalue weighted by Gasteiger charge is 2.22. The van der Waals surface area contributed by atoms with Crippen LogP contribution in [0.25, 0.3) is 0 Å². The number of hydrogen-bond acceptors (Lipinski definition) is 6. The van der Waals surface area contributed by atoms with Gasteiger partial charge in [-0.3, -0.25) is 4.79 Å². The Labute approximate surface area is 160 Å². The van der Waals surface area contributed by atoms with Gasteiger partial charge in [0.15, 0.2) is 6.61 Å². The quantitative estimate of drug-likeness (QED) is 0.701. The van der Waals surface area contributed by atoms with E-state index < -0.39 is 39.9 Å². The van der Waals surface area contributed by atoms with Crippen LogP contribution in [0.2, 0.25) is 0 Å². The van der Waals surface area contributed by atoms with Gasteiger partial charge < -0.3 is 10.1 Å². The fourth-order valence-electron chi connectivity index (χ4n) is 2.13. The second-order valence-corrected chi connectivity index (χ2v) is 8.94. The zero-order chi connectivity index (χ0) is 20.2. The van der Waals surface area contributed by atoms with Crippen LogP contribution in [-0.2, 0) is 19.6 Å². The summed E-state index contributed by atoms with van der Waals surface area (Å²) in [6.45, 7) is 1.17. The number of hydrogen-bond donors (Lipinski definition) is 1. The molecule has 1 amide bonds. The number of benzene rings is 1. The second-order valence-electron chi connectivity index (χ2n) is 5.81. The van der Waals surface area contributed by atoms with Gasteiger partial charge in [0, 0.05) is 19.0 Å². The lowest BCUT2D eigenvalue weighted by atomic mass is 10.2. The zero-order valence-corrected chi connectivity index (χ0v) is 16.6. The van der Waals surface area contributed by atoms with E-state index in [1.54, 1.807) is 6.92 Å². The Morgan fingerprint density at radius 3 is 2.59 bits per heavy atom. The Hall–Kier alpha value is -2.30. The molecule has 146 valence electrons. The minimum Gasteiger partial charge on any atom is -0.452 e. The molecule has 1 atom stereocenters. The highest BCUT2D eigenvalue weighted by Crippen LogP contribution is 2.19. The summed E-state index contributed by atoms with van der Waals surface area (Å²) in [6.07, 6.45) is 0. The molecule has 0 aliphatic heterocycles. The molecule has 0 radical (unpaired) electrons. The number of esters is 1. The molecule has 1 aromatic carbocycles. The van der Waals surface area contributed by atoms with E-state index in [9.17, 15) is 22.4 Å². The van der Waals surface area contributed by atoms with Crippen molar-refractivity contribution in [1.82, 2.24) is 9.62 Å². The standard InChI is InChI=1S/C17H19FN2O5S2/c1-11(15-5-4-8-26-15)19-16(21)10-25-17(22)13-9-12(6-7-14(13)18)27(23,24)20(2)3/h4-9,11H,10H2,1-3H3,(H,19,21)/t11-/m0/s1. The van der Waals surface area contributed by atoms with Crippen molar-refractivity contribution in [1.29, 1.82) is 0 Å². The van der Waals surface area contributed by atoms with E-state index in [4.69, 9.17) is 4.74 Å². The number of ether oxygens (including phenoxy) is 1. The van der Waals surface area contributed by atoms with Gasteiger partial charge in [-0.1, -0.05) is 6.07 Å². The Balaban J connectivity index is 2.04. The zero-order valence-electron chi connectivity index (χ0n) is 14.9. The normalized spacial score (nSPS) is 12.6. The van der Waals surface area contributed by atoms with E-state index in [2.05, 4.69) is 5.32 Å². The molecule has 1 heterocycles. The van der Waals surface area contributed by atoms with Crippen LogP contribution in [-0.4, -0.2) is 45.3 Å². The Morgan fingerprint density at radius 2 is 2.00 bits per heavy atom. The lowest BCUT2D eigenvalue weighted by Gasteiger charge is -2.14. The first kappa shape index (κ1) is 21.0. The van der Waals surface area contributed by atoms with Crippen LogP contribution in [0.4, 0.5) is 4.39 Å². The molecule has 0 aliphatic rings. The van der Waals surface area contributed by atoms with Gasteiger partial charge in [0.1, 0.15) is 5.82 Å². The first-order valence-electron chi connectivity index (χ1n) is 7.85. The number of rotatable bonds is 7. The Morgan fingerprint density at radius 1 is 1.30 bits per heavy atom. The fraction of sp³-hybridized carbons (Fsp3) is 0.294. The molecule has 2 rings (SSSR count). The highest BCUT2D eigenvalue weighted by atomic mass is 32.2. The van der Waals surface area contributed by atoms with Crippen molar-refractivity contribution in [2.75, 3.05) is 20.7 Å². The number of thiophene rings is 1. The predicted octanol–water partition coefficient (Wildman–Crippen LogP) is 2.17. The first-order chi connectivity index (χ1) is 12.6. The van der Waals surface area contributed by atoms with Gasteiger partial charge in [0.25, 0.3) is 5.91 Å². The van der Waals surface area contributed by atoms with Crippen LogP contribution in [0, 0.1) is 5.82 Å². The van der Waals surface area contributed by atoms with Crippen LogP contribution in [0.15, 0.2) is 40.6 Å². The van der Waals surface area contributed by atoms with Gasteiger partial charge in [-0.05, 0) is 36.6 Å². The maximum absolute atomic E-state index is 13.9. The molecule has 2 aromatic rings. The molecular weight excluding hydrogens is 395 g/mol. The third kappa shape index (κ3) is 5.12. The van der Waals surface area contributed by atoms with Crippen molar-refractivity contribution < 1.29 is 27.1 Å². The number of amides is 1. The molecule has 0 spiro atoms. The maximum atomic E-state index is 13.9. The van der Waals surface area contributed by atoms with Crippen molar-refractivity contribution in [3.8, 4) is 0 Å². The summed E-state index contributed by atoms with van der Waals surface area (Å²) in [5, 5.41) is 4.52. The van der Waals surface area contributed by atoms with E-state index in [0.29, 0.717) is 0 Å². The number of nitrogens with zero attached hydrogens (tertiary/aromatic N) is 1. The lowest BCUT2D eigenvalue weighted by Crippen LogP contribution is -2.31. The largest absolute Gasteiger partial charge is 0.452 e. The number of carbonyl (C=O) groups is 2. The molecule has 0 unspecified atom stereocenters. The van der Waals surface area contributed by atoms with Crippen molar-refractivity contribution in [3.05, 3.63) is 52.0 Å². The Bertz CT molecular complexity index is 927. The van der Waals surface area contributed by atoms with E-state index in [1.165, 1.54) is 25.4 Å². The van der Waals surface area contributed by atoms with Crippen molar-refractivity contribution in [3.63, 3.8) is 0 Å². The average molecular weight is 414 g/mol. The fourth-order valence-corrected chi connectivity index (χ4v) is 3.80. The third-order valence-corrected chi connectivity index (χ3v) is 6.48. The van der Waals surface area contributed by atoms with Crippen LogP contribution in [0.3, 0.4) is 0 Å². The van der Waals surface area contributed by atoms with Crippen LogP contribution >= 0.6 is 11.3 Å². The van der Waals surface area contributed by atoms with Crippen molar-refractivity contribution in [2.24, 2.45) is 0 Å². The maximum Gasteiger partial charge on any atom is 0.341 e. The van der Waals surface area contributed by atoms with Crippen LogP contribution in [0.5, 0.6) is 0 Å².